The van der Waals surface area contributed by atoms with Gasteiger partial charge in [0.25, 0.3) is 5.91 Å². The maximum absolute atomic E-state index is 12.1. The van der Waals surface area contributed by atoms with Crippen molar-refractivity contribution in [2.45, 2.75) is 26.4 Å². The zero-order valence-corrected chi connectivity index (χ0v) is 20.1. The molecule has 10 heteroatoms. The molecule has 0 saturated carbocycles. The predicted octanol–water partition coefficient (Wildman–Crippen LogP) is 2.85. The summed E-state index contributed by atoms with van der Waals surface area (Å²) in [5, 5.41) is 9.04. The molecule has 0 bridgehead atoms. The second-order valence-corrected chi connectivity index (χ2v) is 8.03. The van der Waals surface area contributed by atoms with E-state index in [1.807, 2.05) is 32.0 Å². The highest BCUT2D eigenvalue weighted by Gasteiger charge is 2.12. The second kappa shape index (κ2) is 14.0. The van der Waals surface area contributed by atoms with Gasteiger partial charge >= 0.3 is 11.8 Å². The van der Waals surface area contributed by atoms with Gasteiger partial charge in [-0.15, -0.1) is 0 Å². The average molecular weight is 519 g/mol. The monoisotopic (exact) mass is 518 g/mol. The molecule has 0 aliphatic carbocycles. The summed E-state index contributed by atoms with van der Waals surface area (Å²) in [6, 6.07) is 14.1. The van der Waals surface area contributed by atoms with Gasteiger partial charge in [0.05, 0.1) is 12.3 Å². The molecule has 3 amide bonds. The highest BCUT2D eigenvalue weighted by atomic mass is 79.9. The van der Waals surface area contributed by atoms with E-state index in [-0.39, 0.29) is 18.6 Å². The van der Waals surface area contributed by atoms with Gasteiger partial charge in [0, 0.05) is 28.9 Å². The highest BCUT2D eigenvalue weighted by molar-refractivity contribution is 9.10. The van der Waals surface area contributed by atoms with E-state index in [1.165, 1.54) is 6.21 Å². The summed E-state index contributed by atoms with van der Waals surface area (Å²) < 4.78 is 11.7. The summed E-state index contributed by atoms with van der Waals surface area (Å²) >= 11 is 3.36. The zero-order chi connectivity index (χ0) is 24.1. The Hall–Kier alpha value is -3.24. The zero-order valence-electron chi connectivity index (χ0n) is 18.5. The summed E-state index contributed by atoms with van der Waals surface area (Å²) in [5.74, 6) is -1.62. The van der Waals surface area contributed by atoms with Crippen LogP contribution in [0, 0.1) is 0 Å². The Morgan fingerprint density at radius 3 is 2.58 bits per heavy atom. The normalized spacial score (nSPS) is 10.8. The van der Waals surface area contributed by atoms with Crippen molar-refractivity contribution < 1.29 is 23.9 Å². The van der Waals surface area contributed by atoms with Crippen LogP contribution in [0.4, 0.5) is 5.69 Å². The summed E-state index contributed by atoms with van der Waals surface area (Å²) in [5.41, 5.74) is 3.34. The molecule has 0 saturated heterocycles. The first kappa shape index (κ1) is 26.0. The fraction of sp³-hybridized carbons (Fsp3) is 0.304. The average Bonchev–Trinajstić information content (AvgIpc) is 2.78. The number of carbonyl (C=O) groups excluding carboxylic acids is 3. The maximum atomic E-state index is 12.1. The minimum atomic E-state index is -0.893. The summed E-state index contributed by atoms with van der Waals surface area (Å²) in [6.07, 6.45) is 2.04. The highest BCUT2D eigenvalue weighted by Crippen LogP contribution is 2.22. The molecule has 9 nitrogen and oxygen atoms in total. The van der Waals surface area contributed by atoms with Crippen molar-refractivity contribution in [3.63, 3.8) is 0 Å². The Morgan fingerprint density at radius 2 is 1.85 bits per heavy atom. The molecule has 0 radical (unpaired) electrons. The van der Waals surface area contributed by atoms with E-state index >= 15 is 0 Å². The van der Waals surface area contributed by atoms with Gasteiger partial charge in [-0.25, -0.2) is 5.43 Å². The number of hydrogen-bond acceptors (Lipinski definition) is 6. The van der Waals surface area contributed by atoms with Gasteiger partial charge in [-0.3, -0.25) is 14.4 Å². The van der Waals surface area contributed by atoms with Gasteiger partial charge < -0.3 is 20.1 Å². The maximum Gasteiger partial charge on any atom is 0.329 e. The molecule has 0 aliphatic rings. The fourth-order valence-electron chi connectivity index (χ4n) is 2.50. The van der Waals surface area contributed by atoms with Crippen LogP contribution >= 0.6 is 15.9 Å². The predicted molar refractivity (Wildman–Crippen MR) is 129 cm³/mol. The number of benzene rings is 2. The molecule has 0 spiro atoms. The van der Waals surface area contributed by atoms with Gasteiger partial charge in [-0.2, -0.15) is 5.10 Å². The van der Waals surface area contributed by atoms with Crippen molar-refractivity contribution in [3.05, 3.63) is 58.6 Å². The molecule has 0 aromatic heterocycles. The van der Waals surface area contributed by atoms with Crippen LogP contribution in [-0.4, -0.2) is 49.8 Å². The van der Waals surface area contributed by atoms with Crippen LogP contribution in [0.2, 0.25) is 0 Å². The van der Waals surface area contributed by atoms with Crippen LogP contribution in [-0.2, 0) is 19.1 Å². The first-order chi connectivity index (χ1) is 15.8. The second-order valence-electron chi connectivity index (χ2n) is 7.11. The lowest BCUT2D eigenvalue weighted by Crippen LogP contribution is -2.38. The first-order valence-corrected chi connectivity index (χ1v) is 11.1. The Morgan fingerprint density at radius 1 is 1.09 bits per heavy atom. The Kier molecular flexibility index (Phi) is 11.1. The molecule has 2 aromatic rings. The number of halogens is 1. The van der Waals surface area contributed by atoms with Gasteiger partial charge in [-0.1, -0.05) is 34.1 Å². The summed E-state index contributed by atoms with van der Waals surface area (Å²) in [6.45, 7) is 4.44. The SMILES string of the molecule is CC(C)OCCCNC(=O)C(=O)N/N=C\c1cc(Br)ccc1OCC(=O)Nc1ccccc1. The number of para-hydroxylation sites is 1. The molecule has 176 valence electrons. The van der Waals surface area contributed by atoms with E-state index in [0.717, 1.165) is 4.47 Å². The fourth-order valence-corrected chi connectivity index (χ4v) is 2.88. The van der Waals surface area contributed by atoms with E-state index in [0.29, 0.717) is 36.6 Å². The third-order valence-corrected chi connectivity index (χ3v) is 4.52. The van der Waals surface area contributed by atoms with Crippen molar-refractivity contribution in [1.29, 1.82) is 0 Å². The molecule has 0 unspecified atom stereocenters. The number of carbonyl (C=O) groups is 3. The Labute approximate surface area is 201 Å². The Bertz CT molecular complexity index is 967. The number of hydrazone groups is 1. The van der Waals surface area contributed by atoms with Gasteiger partial charge in [0.1, 0.15) is 5.75 Å². The van der Waals surface area contributed by atoms with E-state index in [1.54, 1.807) is 30.3 Å². The van der Waals surface area contributed by atoms with Crippen molar-refractivity contribution >= 4 is 45.6 Å². The molecule has 2 aromatic carbocycles. The summed E-state index contributed by atoms with van der Waals surface area (Å²) in [7, 11) is 0. The lowest BCUT2D eigenvalue weighted by Gasteiger charge is -2.10. The standard InChI is InChI=1S/C23H27BrN4O5/c1-16(2)32-12-6-11-25-22(30)23(31)28-26-14-17-13-18(24)9-10-20(17)33-15-21(29)27-19-7-4-3-5-8-19/h3-5,7-10,13-14,16H,6,11-12,15H2,1-2H3,(H,25,30)(H,27,29)(H,28,31)/b26-14-. The lowest BCUT2D eigenvalue weighted by molar-refractivity contribution is -0.139. The van der Waals surface area contributed by atoms with Crippen molar-refractivity contribution in [2.24, 2.45) is 5.10 Å². The van der Waals surface area contributed by atoms with E-state index in [9.17, 15) is 14.4 Å². The molecular formula is C23H27BrN4O5. The number of hydrogen-bond donors (Lipinski definition) is 3. The topological polar surface area (TPSA) is 118 Å². The minimum absolute atomic E-state index is 0.114. The molecular weight excluding hydrogens is 492 g/mol. The van der Waals surface area contributed by atoms with Crippen LogP contribution in [0.25, 0.3) is 0 Å². The molecule has 0 fully saturated rings. The van der Waals surface area contributed by atoms with Crippen molar-refractivity contribution in [3.8, 4) is 5.75 Å². The Balaban J connectivity index is 1.84. The molecule has 0 aliphatic heterocycles. The van der Waals surface area contributed by atoms with Crippen LogP contribution in [0.5, 0.6) is 5.75 Å². The number of ether oxygens (including phenoxy) is 2. The third-order valence-electron chi connectivity index (χ3n) is 4.02. The van der Waals surface area contributed by atoms with E-state index in [2.05, 4.69) is 37.1 Å². The van der Waals surface area contributed by atoms with Crippen LogP contribution in [0.1, 0.15) is 25.8 Å². The molecule has 33 heavy (non-hydrogen) atoms. The van der Waals surface area contributed by atoms with Gasteiger partial charge in [0.15, 0.2) is 6.61 Å². The third kappa shape index (κ3) is 10.3. The van der Waals surface area contributed by atoms with Gasteiger partial charge in [-0.05, 0) is 50.6 Å². The quantitative estimate of drug-likeness (QED) is 0.183. The number of nitrogens with one attached hydrogen (secondary N) is 3. The number of anilines is 1. The van der Waals surface area contributed by atoms with Crippen LogP contribution in [0.3, 0.4) is 0 Å². The minimum Gasteiger partial charge on any atom is -0.483 e. The van der Waals surface area contributed by atoms with E-state index < -0.39 is 11.8 Å². The van der Waals surface area contributed by atoms with Crippen molar-refractivity contribution in [1.82, 2.24) is 10.7 Å². The lowest BCUT2D eigenvalue weighted by atomic mass is 10.2. The molecule has 3 N–H and O–H groups in total. The molecule has 0 atom stereocenters. The van der Waals surface area contributed by atoms with Gasteiger partial charge in [0.2, 0.25) is 0 Å². The molecule has 2 rings (SSSR count). The first-order valence-electron chi connectivity index (χ1n) is 10.3. The van der Waals surface area contributed by atoms with E-state index in [4.69, 9.17) is 9.47 Å². The van der Waals surface area contributed by atoms with Crippen LogP contribution < -0.4 is 20.8 Å². The summed E-state index contributed by atoms with van der Waals surface area (Å²) in [4.78, 5) is 35.8. The number of rotatable bonds is 11. The van der Waals surface area contributed by atoms with Crippen LogP contribution in [0.15, 0.2) is 58.1 Å². The molecule has 0 heterocycles. The smallest absolute Gasteiger partial charge is 0.329 e. The number of nitrogens with zero attached hydrogens (tertiary/aromatic N) is 1. The number of amides is 3. The van der Waals surface area contributed by atoms with Crippen molar-refractivity contribution in [2.75, 3.05) is 25.1 Å². The largest absolute Gasteiger partial charge is 0.483 e.